The van der Waals surface area contributed by atoms with Crippen LogP contribution in [0.3, 0.4) is 0 Å². The van der Waals surface area contributed by atoms with Crippen LogP contribution in [0, 0.1) is 5.82 Å². The number of nitrogens with zero attached hydrogens (tertiary/aromatic N) is 2. The van der Waals surface area contributed by atoms with Crippen LogP contribution in [-0.2, 0) is 14.3 Å². The van der Waals surface area contributed by atoms with Crippen LogP contribution in [-0.4, -0.2) is 62.1 Å². The number of hydrogen-bond donors (Lipinski definition) is 1. The van der Waals surface area contributed by atoms with E-state index in [0.717, 1.165) is 0 Å². The number of carbonyl (C=O) groups is 2. The average Bonchev–Trinajstić information content (AvgIpc) is 3.02. The summed E-state index contributed by atoms with van der Waals surface area (Å²) < 4.78 is 19.6. The monoisotopic (exact) mass is 385 g/mol. The summed E-state index contributed by atoms with van der Waals surface area (Å²) >= 11 is 0. The zero-order valence-corrected chi connectivity index (χ0v) is 15.9. The highest BCUT2D eigenvalue weighted by molar-refractivity contribution is 6.02. The number of likely N-dealkylation sites (N-methyl/N-ethyl adjacent to an activating group) is 1. The number of piperidine rings is 1. The summed E-state index contributed by atoms with van der Waals surface area (Å²) in [4.78, 5) is 28.7. The largest absolute Gasteiger partial charge is 0.368 e. The maximum atomic E-state index is 14.0. The summed E-state index contributed by atoms with van der Waals surface area (Å²) in [6.07, 6.45) is 1.63. The minimum absolute atomic E-state index is 0. The highest BCUT2D eigenvalue weighted by Crippen LogP contribution is 2.30. The molecule has 0 aliphatic carbocycles. The second-order valence-electron chi connectivity index (χ2n) is 6.61. The quantitative estimate of drug-likeness (QED) is 0.854. The van der Waals surface area contributed by atoms with Gasteiger partial charge in [0.2, 0.25) is 5.91 Å². The first-order valence-corrected chi connectivity index (χ1v) is 8.59. The molecule has 1 N–H and O–H groups in total. The van der Waals surface area contributed by atoms with E-state index >= 15 is 0 Å². The van der Waals surface area contributed by atoms with Gasteiger partial charge in [-0.25, -0.2) is 4.39 Å². The molecule has 2 saturated heterocycles. The molecule has 8 heteroatoms. The van der Waals surface area contributed by atoms with E-state index in [4.69, 9.17) is 4.74 Å². The first-order valence-electron chi connectivity index (χ1n) is 8.59. The Labute approximate surface area is 159 Å². The van der Waals surface area contributed by atoms with E-state index in [9.17, 15) is 14.0 Å². The maximum Gasteiger partial charge on any atom is 0.255 e. The van der Waals surface area contributed by atoms with Crippen LogP contribution in [0.4, 0.5) is 10.1 Å². The topological polar surface area (TPSA) is 61.9 Å². The number of halogens is 2. The van der Waals surface area contributed by atoms with Crippen molar-refractivity contribution in [1.29, 1.82) is 0 Å². The normalized spacial score (nSPS) is 22.0. The number of hydrogen-bond acceptors (Lipinski definition) is 4. The Morgan fingerprint density at radius 2 is 2.00 bits per heavy atom. The number of carbonyl (C=O) groups excluding carboxylic acids is 2. The molecule has 26 heavy (non-hydrogen) atoms. The van der Waals surface area contributed by atoms with Crippen LogP contribution >= 0.6 is 12.4 Å². The summed E-state index contributed by atoms with van der Waals surface area (Å²) in [5, 5.41) is 3.21. The number of anilines is 1. The standard InChI is InChI=1S/C18H24FN3O3.ClH/c1-21(17(24)18(25-2)8-10-20-11-9-18)15-7-12-22(16(15)23)14-6-4-3-5-13(14)19;/h3-6,15,20H,7-12H2,1-2H3;1H. The van der Waals surface area contributed by atoms with Gasteiger partial charge in [-0.3, -0.25) is 9.59 Å². The molecule has 1 aromatic carbocycles. The predicted molar refractivity (Wildman–Crippen MR) is 99.0 cm³/mol. The number of amides is 2. The Morgan fingerprint density at radius 3 is 2.62 bits per heavy atom. The zero-order valence-electron chi connectivity index (χ0n) is 15.0. The van der Waals surface area contributed by atoms with Crippen LogP contribution in [0.5, 0.6) is 0 Å². The third-order valence-corrected chi connectivity index (χ3v) is 5.30. The second kappa shape index (κ2) is 8.33. The average molecular weight is 386 g/mol. The van der Waals surface area contributed by atoms with Crippen molar-refractivity contribution in [3.8, 4) is 0 Å². The Morgan fingerprint density at radius 1 is 1.35 bits per heavy atom. The fourth-order valence-electron chi connectivity index (χ4n) is 3.73. The molecule has 6 nitrogen and oxygen atoms in total. The van der Waals surface area contributed by atoms with Crippen molar-refractivity contribution in [1.82, 2.24) is 10.2 Å². The first kappa shape index (κ1) is 20.6. The van der Waals surface area contributed by atoms with Crippen molar-refractivity contribution < 1.29 is 18.7 Å². The molecule has 0 saturated carbocycles. The maximum absolute atomic E-state index is 14.0. The SMILES string of the molecule is COC1(C(=O)N(C)C2CCN(c3ccccc3F)C2=O)CCNCC1.Cl. The molecule has 0 bridgehead atoms. The molecule has 0 spiro atoms. The fourth-order valence-corrected chi connectivity index (χ4v) is 3.73. The number of nitrogens with one attached hydrogen (secondary N) is 1. The van der Waals surface area contributed by atoms with Gasteiger partial charge in [-0.05, 0) is 44.5 Å². The van der Waals surface area contributed by atoms with E-state index in [1.165, 1.54) is 15.9 Å². The van der Waals surface area contributed by atoms with Gasteiger partial charge < -0.3 is 19.9 Å². The van der Waals surface area contributed by atoms with E-state index in [1.807, 2.05) is 0 Å². The lowest BCUT2D eigenvalue weighted by molar-refractivity contribution is -0.160. The highest BCUT2D eigenvalue weighted by Gasteiger charge is 2.46. The third-order valence-electron chi connectivity index (χ3n) is 5.30. The molecule has 1 atom stereocenters. The van der Waals surface area contributed by atoms with Crippen LogP contribution in [0.1, 0.15) is 19.3 Å². The molecule has 2 amide bonds. The third kappa shape index (κ3) is 3.56. The summed E-state index contributed by atoms with van der Waals surface area (Å²) in [6.45, 7) is 1.80. The minimum atomic E-state index is -0.883. The van der Waals surface area contributed by atoms with E-state index in [2.05, 4.69) is 5.32 Å². The summed E-state index contributed by atoms with van der Waals surface area (Å²) in [7, 11) is 3.18. The molecule has 1 aromatic rings. The number of rotatable bonds is 4. The Kier molecular flexibility index (Phi) is 6.60. The summed E-state index contributed by atoms with van der Waals surface area (Å²) in [5.41, 5.74) is -0.620. The number of methoxy groups -OCH3 is 1. The Balaban J connectivity index is 0.00000243. The lowest BCUT2D eigenvalue weighted by Gasteiger charge is -2.39. The van der Waals surface area contributed by atoms with Gasteiger partial charge in [0.15, 0.2) is 0 Å². The van der Waals surface area contributed by atoms with Gasteiger partial charge in [0, 0.05) is 20.7 Å². The molecular weight excluding hydrogens is 361 g/mol. The van der Waals surface area contributed by atoms with Gasteiger partial charge in [0.25, 0.3) is 5.91 Å². The van der Waals surface area contributed by atoms with Crippen LogP contribution in [0.2, 0.25) is 0 Å². The summed E-state index contributed by atoms with van der Waals surface area (Å²) in [6, 6.07) is 5.61. The van der Waals surface area contributed by atoms with E-state index in [1.54, 1.807) is 32.4 Å². The Bertz CT molecular complexity index is 667. The van der Waals surface area contributed by atoms with E-state index in [-0.39, 0.29) is 29.9 Å². The van der Waals surface area contributed by atoms with Gasteiger partial charge in [-0.2, -0.15) is 0 Å². The second-order valence-corrected chi connectivity index (χ2v) is 6.61. The molecule has 144 valence electrons. The van der Waals surface area contributed by atoms with Crippen molar-refractivity contribution in [2.24, 2.45) is 0 Å². The van der Waals surface area contributed by atoms with Crippen LogP contribution < -0.4 is 10.2 Å². The molecule has 0 radical (unpaired) electrons. The molecule has 2 heterocycles. The number of ether oxygens (including phenoxy) is 1. The zero-order chi connectivity index (χ0) is 18.0. The van der Waals surface area contributed by atoms with Crippen LogP contribution in [0.25, 0.3) is 0 Å². The predicted octanol–water partition coefficient (Wildman–Crippen LogP) is 1.58. The molecule has 2 aliphatic heterocycles. The fraction of sp³-hybridized carbons (Fsp3) is 0.556. The number of para-hydroxylation sites is 1. The lowest BCUT2D eigenvalue weighted by atomic mass is 9.90. The van der Waals surface area contributed by atoms with E-state index in [0.29, 0.717) is 38.9 Å². The van der Waals surface area contributed by atoms with Crippen molar-refractivity contribution in [2.75, 3.05) is 38.7 Å². The molecule has 2 aliphatic rings. The molecule has 2 fully saturated rings. The van der Waals surface area contributed by atoms with Gasteiger partial charge in [-0.1, -0.05) is 12.1 Å². The van der Waals surface area contributed by atoms with Crippen molar-refractivity contribution in [3.05, 3.63) is 30.1 Å². The highest BCUT2D eigenvalue weighted by atomic mass is 35.5. The van der Waals surface area contributed by atoms with Gasteiger partial charge in [0.1, 0.15) is 17.5 Å². The van der Waals surface area contributed by atoms with Gasteiger partial charge in [-0.15, -0.1) is 12.4 Å². The van der Waals surface area contributed by atoms with Crippen molar-refractivity contribution in [3.63, 3.8) is 0 Å². The molecule has 1 unspecified atom stereocenters. The number of benzene rings is 1. The molecule has 3 rings (SSSR count). The van der Waals surface area contributed by atoms with E-state index < -0.39 is 17.5 Å². The summed E-state index contributed by atoms with van der Waals surface area (Å²) in [5.74, 6) is -0.858. The lowest BCUT2D eigenvalue weighted by Crippen LogP contribution is -2.57. The Hall–Kier alpha value is -1.70. The smallest absolute Gasteiger partial charge is 0.255 e. The first-order chi connectivity index (χ1) is 12.0. The van der Waals surface area contributed by atoms with Gasteiger partial charge in [0.05, 0.1) is 5.69 Å². The van der Waals surface area contributed by atoms with Gasteiger partial charge >= 0.3 is 0 Å². The van der Waals surface area contributed by atoms with Crippen molar-refractivity contribution >= 4 is 29.9 Å². The van der Waals surface area contributed by atoms with Crippen LogP contribution in [0.15, 0.2) is 24.3 Å². The molecular formula is C18H25ClFN3O3. The molecule has 0 aromatic heterocycles. The van der Waals surface area contributed by atoms with Crippen molar-refractivity contribution in [2.45, 2.75) is 30.9 Å². The minimum Gasteiger partial charge on any atom is -0.368 e.